The van der Waals surface area contributed by atoms with Crippen LogP contribution in [0.5, 0.6) is 0 Å². The summed E-state index contributed by atoms with van der Waals surface area (Å²) in [5.74, 6) is 0. The van der Waals surface area contributed by atoms with Gasteiger partial charge >= 0.3 is 8.56 Å². The SMILES string of the molecule is CCCCCCCCCCCCCCCCCC[Si](CCCCCCC)(OC)OC. The highest BCUT2D eigenvalue weighted by atomic mass is 28.4. The van der Waals surface area contributed by atoms with E-state index in [1.807, 2.05) is 14.2 Å². The second-order valence-electron chi connectivity index (χ2n) is 9.54. The molecule has 0 aromatic carbocycles. The third-order valence-electron chi connectivity index (χ3n) is 6.82. The maximum atomic E-state index is 5.93. The van der Waals surface area contributed by atoms with E-state index >= 15 is 0 Å². The van der Waals surface area contributed by atoms with Crippen LogP contribution in [-0.2, 0) is 8.85 Å². The second kappa shape index (κ2) is 23.8. The van der Waals surface area contributed by atoms with Crippen LogP contribution < -0.4 is 0 Å². The Hall–Kier alpha value is 0.137. The lowest BCUT2D eigenvalue weighted by molar-refractivity contribution is 0.238. The summed E-state index contributed by atoms with van der Waals surface area (Å²) in [5.41, 5.74) is 0. The highest BCUT2D eigenvalue weighted by molar-refractivity contribution is 6.67. The van der Waals surface area contributed by atoms with E-state index in [1.165, 1.54) is 147 Å². The molecular weight excluding hydrogens is 384 g/mol. The van der Waals surface area contributed by atoms with Gasteiger partial charge in [-0.05, 0) is 12.1 Å². The van der Waals surface area contributed by atoms with Crippen molar-refractivity contribution >= 4 is 8.56 Å². The van der Waals surface area contributed by atoms with Crippen LogP contribution >= 0.6 is 0 Å². The Morgan fingerprint density at radius 3 is 0.833 bits per heavy atom. The fraction of sp³-hybridized carbons (Fsp3) is 1.00. The molecule has 182 valence electrons. The number of rotatable bonds is 25. The molecule has 0 N–H and O–H groups in total. The van der Waals surface area contributed by atoms with E-state index in [9.17, 15) is 0 Å². The van der Waals surface area contributed by atoms with E-state index < -0.39 is 8.56 Å². The van der Waals surface area contributed by atoms with Crippen molar-refractivity contribution in [3.05, 3.63) is 0 Å². The Bertz CT molecular complexity index is 318. The van der Waals surface area contributed by atoms with Gasteiger partial charge in [0, 0.05) is 14.2 Å². The van der Waals surface area contributed by atoms with E-state index in [0.29, 0.717) is 0 Å². The fourth-order valence-electron chi connectivity index (χ4n) is 4.56. The van der Waals surface area contributed by atoms with Gasteiger partial charge in [-0.2, -0.15) is 0 Å². The summed E-state index contributed by atoms with van der Waals surface area (Å²) in [4.78, 5) is 0. The molecule has 0 saturated heterocycles. The van der Waals surface area contributed by atoms with E-state index in [0.717, 1.165) is 0 Å². The lowest BCUT2D eigenvalue weighted by Gasteiger charge is -2.27. The van der Waals surface area contributed by atoms with Crippen molar-refractivity contribution < 1.29 is 8.85 Å². The molecule has 2 nitrogen and oxygen atoms in total. The van der Waals surface area contributed by atoms with E-state index in [2.05, 4.69) is 13.8 Å². The first-order valence-corrected chi connectivity index (χ1v) is 16.1. The molecule has 30 heavy (non-hydrogen) atoms. The molecule has 0 saturated carbocycles. The third-order valence-corrected chi connectivity index (χ3v) is 10.5. The summed E-state index contributed by atoms with van der Waals surface area (Å²) in [6.07, 6.45) is 29.5. The van der Waals surface area contributed by atoms with Crippen LogP contribution in [0.15, 0.2) is 0 Å². The third kappa shape index (κ3) is 18.9. The van der Waals surface area contributed by atoms with Crippen molar-refractivity contribution in [2.45, 2.75) is 161 Å². The largest absolute Gasteiger partial charge is 0.398 e. The Balaban J connectivity index is 3.46. The lowest BCUT2D eigenvalue weighted by atomic mass is 10.0. The molecule has 0 spiro atoms. The Kier molecular flexibility index (Phi) is 23.9. The number of hydrogen-bond acceptors (Lipinski definition) is 2. The molecule has 0 aliphatic rings. The molecule has 0 heterocycles. The molecule has 0 fully saturated rings. The second-order valence-corrected chi connectivity index (χ2v) is 13.2. The van der Waals surface area contributed by atoms with Crippen LogP contribution in [0.25, 0.3) is 0 Å². The van der Waals surface area contributed by atoms with E-state index in [-0.39, 0.29) is 0 Å². The molecule has 0 bridgehead atoms. The Morgan fingerprint density at radius 1 is 0.367 bits per heavy atom. The average molecular weight is 443 g/mol. The van der Waals surface area contributed by atoms with Gasteiger partial charge in [-0.25, -0.2) is 0 Å². The van der Waals surface area contributed by atoms with Gasteiger partial charge in [0.15, 0.2) is 0 Å². The number of unbranched alkanes of at least 4 members (excludes halogenated alkanes) is 19. The molecule has 0 aromatic rings. The maximum Gasteiger partial charge on any atom is 0.337 e. The van der Waals surface area contributed by atoms with Gasteiger partial charge in [-0.1, -0.05) is 149 Å². The first-order chi connectivity index (χ1) is 14.7. The quantitative estimate of drug-likeness (QED) is 0.103. The summed E-state index contributed by atoms with van der Waals surface area (Å²) in [5, 5.41) is 0. The topological polar surface area (TPSA) is 18.5 Å². The molecule has 0 rings (SSSR count). The van der Waals surface area contributed by atoms with Crippen LogP contribution in [0.1, 0.15) is 149 Å². The highest BCUT2D eigenvalue weighted by Crippen LogP contribution is 2.25. The van der Waals surface area contributed by atoms with E-state index in [4.69, 9.17) is 8.85 Å². The summed E-state index contributed by atoms with van der Waals surface area (Å²) in [6.45, 7) is 4.58. The first-order valence-electron chi connectivity index (χ1n) is 13.8. The molecule has 0 aliphatic heterocycles. The predicted molar refractivity (Wildman–Crippen MR) is 138 cm³/mol. The fourth-order valence-corrected chi connectivity index (χ4v) is 7.37. The summed E-state index contributed by atoms with van der Waals surface area (Å²) in [6, 6.07) is 2.37. The lowest BCUT2D eigenvalue weighted by Crippen LogP contribution is -2.39. The Labute approximate surface area is 192 Å². The minimum atomic E-state index is -1.91. The zero-order valence-electron chi connectivity index (χ0n) is 21.6. The summed E-state index contributed by atoms with van der Waals surface area (Å²) >= 11 is 0. The molecule has 0 amide bonds. The maximum absolute atomic E-state index is 5.93. The van der Waals surface area contributed by atoms with Gasteiger partial charge in [0.25, 0.3) is 0 Å². The van der Waals surface area contributed by atoms with Gasteiger partial charge in [0.05, 0.1) is 0 Å². The minimum Gasteiger partial charge on any atom is -0.398 e. The van der Waals surface area contributed by atoms with Crippen molar-refractivity contribution in [3.63, 3.8) is 0 Å². The van der Waals surface area contributed by atoms with Gasteiger partial charge in [0.1, 0.15) is 0 Å². The predicted octanol–water partition coefficient (Wildman–Crippen LogP) is 9.95. The van der Waals surface area contributed by atoms with Gasteiger partial charge in [-0.3, -0.25) is 0 Å². The first kappa shape index (κ1) is 30.1. The van der Waals surface area contributed by atoms with Gasteiger partial charge in [-0.15, -0.1) is 0 Å². The zero-order valence-corrected chi connectivity index (χ0v) is 22.6. The summed E-state index contributed by atoms with van der Waals surface area (Å²) < 4.78 is 11.9. The minimum absolute atomic E-state index is 1.18. The van der Waals surface area contributed by atoms with Crippen molar-refractivity contribution in [3.8, 4) is 0 Å². The van der Waals surface area contributed by atoms with Gasteiger partial charge in [0.2, 0.25) is 0 Å². The van der Waals surface area contributed by atoms with Crippen LogP contribution in [0.4, 0.5) is 0 Å². The monoisotopic (exact) mass is 442 g/mol. The number of hydrogen-bond donors (Lipinski definition) is 0. The molecule has 0 radical (unpaired) electrons. The molecule has 0 atom stereocenters. The van der Waals surface area contributed by atoms with Crippen LogP contribution in [0.2, 0.25) is 12.1 Å². The van der Waals surface area contributed by atoms with E-state index in [1.54, 1.807) is 0 Å². The molecule has 0 aliphatic carbocycles. The van der Waals surface area contributed by atoms with Crippen LogP contribution in [0.3, 0.4) is 0 Å². The summed E-state index contributed by atoms with van der Waals surface area (Å²) in [7, 11) is 1.86. The Morgan fingerprint density at radius 2 is 0.600 bits per heavy atom. The van der Waals surface area contributed by atoms with Crippen molar-refractivity contribution in [2.24, 2.45) is 0 Å². The zero-order chi connectivity index (χ0) is 22.2. The molecular formula is C27H58O2Si. The highest BCUT2D eigenvalue weighted by Gasteiger charge is 2.33. The molecule has 3 heteroatoms. The smallest absolute Gasteiger partial charge is 0.337 e. The molecule has 0 unspecified atom stereocenters. The standard InChI is InChI=1S/C27H58O2Si/c1-5-7-9-11-12-13-14-15-16-17-18-19-20-21-23-25-27-30(28-3,29-4)26-24-22-10-8-6-2/h5-27H2,1-4H3. The normalized spacial score (nSPS) is 12.0. The van der Waals surface area contributed by atoms with Crippen LogP contribution in [0, 0.1) is 0 Å². The van der Waals surface area contributed by atoms with Crippen molar-refractivity contribution in [2.75, 3.05) is 14.2 Å². The van der Waals surface area contributed by atoms with Crippen molar-refractivity contribution in [1.29, 1.82) is 0 Å². The average Bonchev–Trinajstić information content (AvgIpc) is 2.77. The van der Waals surface area contributed by atoms with Gasteiger partial charge < -0.3 is 8.85 Å². The van der Waals surface area contributed by atoms with Crippen LogP contribution in [-0.4, -0.2) is 22.8 Å². The van der Waals surface area contributed by atoms with Crippen molar-refractivity contribution in [1.82, 2.24) is 0 Å². The molecule has 0 aromatic heterocycles.